The van der Waals surface area contributed by atoms with E-state index in [2.05, 4.69) is 67.8 Å². The zero-order valence-corrected chi connectivity index (χ0v) is 48.7. The maximum absolute atomic E-state index is 14.2. The van der Waals surface area contributed by atoms with Crippen molar-refractivity contribution in [3.8, 4) is 0 Å². The highest BCUT2D eigenvalue weighted by atomic mass is 16.4. The molecule has 1 unspecified atom stereocenters. The molecule has 12 atom stereocenters. The topological polar surface area (TPSA) is 523 Å². The zero-order chi connectivity index (χ0) is 63.2. The Balaban J connectivity index is 2.31. The smallest absolute Gasteiger partial charge is 0.326 e. The molecule has 0 fully saturated rings. The van der Waals surface area contributed by atoms with Crippen LogP contribution in [0.25, 0.3) is 0 Å². The first-order chi connectivity index (χ1) is 39.5. The van der Waals surface area contributed by atoms with Crippen LogP contribution in [0.4, 0.5) is 0 Å². The van der Waals surface area contributed by atoms with Crippen LogP contribution in [-0.2, 0) is 60.8 Å². The van der Waals surface area contributed by atoms with Crippen molar-refractivity contribution in [3.05, 3.63) is 54.1 Å². The van der Waals surface area contributed by atoms with Crippen molar-refractivity contribution in [3.63, 3.8) is 0 Å². The maximum Gasteiger partial charge on any atom is 0.326 e. The summed E-state index contributed by atoms with van der Waals surface area (Å²) >= 11 is 0. The van der Waals surface area contributed by atoms with Crippen molar-refractivity contribution in [2.75, 3.05) is 19.6 Å². The number of benzene rings is 1. The van der Waals surface area contributed by atoms with Crippen LogP contribution in [0.1, 0.15) is 105 Å². The summed E-state index contributed by atoms with van der Waals surface area (Å²) in [4.78, 5) is 150. The van der Waals surface area contributed by atoms with E-state index in [-0.39, 0.29) is 75.9 Å². The minimum atomic E-state index is -1.85. The number of aromatic nitrogens is 2. The van der Waals surface area contributed by atoms with Crippen LogP contribution < -0.4 is 76.5 Å². The molecule has 0 bridgehead atoms. The molecule has 23 N–H and O–H groups in total. The lowest BCUT2D eigenvalue weighted by atomic mass is 9.96. The number of hydrogen-bond acceptors (Lipinski definition) is 16. The Hall–Kier alpha value is -8.45. The zero-order valence-electron chi connectivity index (χ0n) is 48.7. The van der Waals surface area contributed by atoms with Gasteiger partial charge in [-0.2, -0.15) is 0 Å². The number of carboxylic acids is 1. The van der Waals surface area contributed by atoms with Gasteiger partial charge in [0.1, 0.15) is 48.3 Å². The number of H-pyrrole nitrogens is 1. The van der Waals surface area contributed by atoms with Crippen molar-refractivity contribution in [2.24, 2.45) is 50.5 Å². The van der Waals surface area contributed by atoms with Crippen LogP contribution in [-0.4, -0.2) is 183 Å². The molecule has 0 radical (unpaired) electrons. The van der Waals surface area contributed by atoms with Crippen LogP contribution in [0.15, 0.2) is 52.8 Å². The van der Waals surface area contributed by atoms with Crippen LogP contribution in [0.2, 0.25) is 0 Å². The molecule has 31 heteroatoms. The van der Waals surface area contributed by atoms with Gasteiger partial charge in [0.15, 0.2) is 11.9 Å². The van der Waals surface area contributed by atoms with E-state index in [1.165, 1.54) is 19.4 Å². The van der Waals surface area contributed by atoms with E-state index in [0.29, 0.717) is 18.5 Å². The summed E-state index contributed by atoms with van der Waals surface area (Å²) in [5.74, 6) is -10.4. The van der Waals surface area contributed by atoms with Crippen LogP contribution in [0.3, 0.4) is 0 Å². The van der Waals surface area contributed by atoms with Crippen LogP contribution in [0.5, 0.6) is 0 Å². The summed E-state index contributed by atoms with van der Waals surface area (Å²) in [6.07, 6.45) is 0.457. The highest BCUT2D eigenvalue weighted by Gasteiger charge is 2.37. The van der Waals surface area contributed by atoms with Gasteiger partial charge >= 0.3 is 5.97 Å². The lowest BCUT2D eigenvalue weighted by Gasteiger charge is -2.28. The third-order valence-corrected chi connectivity index (χ3v) is 13.1. The van der Waals surface area contributed by atoms with Gasteiger partial charge in [0.25, 0.3) is 0 Å². The second-order valence-corrected chi connectivity index (χ2v) is 20.9. The summed E-state index contributed by atoms with van der Waals surface area (Å²) in [5, 5.41) is 53.6. The molecule has 0 aliphatic heterocycles. The number of aliphatic carboxylic acids is 1. The average Bonchev–Trinajstić information content (AvgIpc) is 4.11. The van der Waals surface area contributed by atoms with Crippen molar-refractivity contribution in [2.45, 2.75) is 173 Å². The third kappa shape index (κ3) is 26.6. The molecule has 1 heterocycles. The van der Waals surface area contributed by atoms with Crippen molar-refractivity contribution in [1.29, 1.82) is 0 Å². The number of nitrogens with one attached hydrogen (secondary N) is 10. The normalized spacial score (nSPS) is 15.4. The molecule has 0 aliphatic carbocycles. The molecule has 0 spiro atoms. The van der Waals surface area contributed by atoms with E-state index in [4.69, 9.17) is 28.7 Å². The van der Waals surface area contributed by atoms with E-state index >= 15 is 0 Å². The number of guanidine groups is 2. The Bertz CT molecular complexity index is 2520. The molecular weight excluding hydrogens is 1100 g/mol. The predicted molar refractivity (Wildman–Crippen MR) is 309 cm³/mol. The van der Waals surface area contributed by atoms with Crippen LogP contribution >= 0.6 is 0 Å². The first kappa shape index (κ1) is 71.7. The Kier molecular flexibility index (Phi) is 31.5. The highest BCUT2D eigenvalue weighted by molar-refractivity contribution is 5.98. The van der Waals surface area contributed by atoms with Gasteiger partial charge in [-0.05, 0) is 83.1 Å². The van der Waals surface area contributed by atoms with Gasteiger partial charge in [0, 0.05) is 31.4 Å². The fourth-order valence-electron chi connectivity index (χ4n) is 8.17. The van der Waals surface area contributed by atoms with Crippen molar-refractivity contribution < 1.29 is 63.3 Å². The fourth-order valence-corrected chi connectivity index (χ4v) is 8.17. The van der Waals surface area contributed by atoms with Gasteiger partial charge in [0.05, 0.1) is 31.1 Å². The average molecular weight is 1190 g/mol. The Morgan fingerprint density at radius 3 is 1.65 bits per heavy atom. The van der Waals surface area contributed by atoms with E-state index in [9.17, 15) is 63.3 Å². The lowest BCUT2D eigenvalue weighted by molar-refractivity contribution is -0.143. The predicted octanol–water partition coefficient (Wildman–Crippen LogP) is -5.03. The van der Waals surface area contributed by atoms with E-state index < -0.39 is 138 Å². The summed E-state index contributed by atoms with van der Waals surface area (Å²) in [6, 6.07) is -3.60. The number of nitrogens with two attached hydrogens (primary N) is 5. The number of carboxylic acid groups (broad SMARTS) is 1. The molecule has 84 heavy (non-hydrogen) atoms. The second kappa shape index (κ2) is 36.9. The maximum atomic E-state index is 14.2. The monoisotopic (exact) mass is 1180 g/mol. The van der Waals surface area contributed by atoms with Gasteiger partial charge in [-0.3, -0.25) is 53.1 Å². The first-order valence-corrected chi connectivity index (χ1v) is 27.7. The minimum absolute atomic E-state index is 0.000289. The van der Waals surface area contributed by atoms with Gasteiger partial charge < -0.3 is 96.8 Å². The molecule has 9 amide bonds. The van der Waals surface area contributed by atoms with E-state index in [0.717, 1.165) is 19.4 Å². The molecule has 0 saturated carbocycles. The molecule has 2 aromatic rings. The summed E-state index contributed by atoms with van der Waals surface area (Å²) in [5.41, 5.74) is 28.8. The molecule has 1 aromatic carbocycles. The number of aliphatic hydroxyl groups excluding tert-OH is 2. The van der Waals surface area contributed by atoms with Crippen molar-refractivity contribution in [1.82, 2.24) is 57.8 Å². The third-order valence-electron chi connectivity index (χ3n) is 13.1. The number of aromatic amines is 1. The molecule has 1 aromatic heterocycles. The minimum Gasteiger partial charge on any atom is -0.480 e. The molecule has 2 rings (SSSR count). The number of hydrogen-bond donors (Lipinski definition) is 18. The number of carbonyl (C=O) groups is 10. The number of aliphatic imine (C=N–C) groups is 2. The van der Waals surface area contributed by atoms with Gasteiger partial charge in [-0.15, -0.1) is 0 Å². The number of carbonyl (C=O) groups excluding carboxylic acids is 9. The SMILES string of the molecule is CCC(C)[C@H](NC(=O)[C@H](CCCN=C(N)N)NC(=O)CNC(=O)[C@@H](NC(=O)[C@@H](NC(=O)[C@H](Cc1cnc[nH]1)NC(=O)[C@H](CCc1ccccc1)NC(=O)[C@H](C)NC(=O)[C@@H](N)CCCN=C(N)N)[C@@H](C)O)[C@@H](C)O)C(=O)N[C@H](CC(C)C)C(=O)O. The Morgan fingerprint density at radius 1 is 0.595 bits per heavy atom. The first-order valence-electron chi connectivity index (χ1n) is 27.7. The number of rotatable bonds is 38. The summed E-state index contributed by atoms with van der Waals surface area (Å²) in [6.45, 7) is 10.1. The summed E-state index contributed by atoms with van der Waals surface area (Å²) in [7, 11) is 0. The van der Waals surface area contributed by atoms with Gasteiger partial charge in [-0.1, -0.05) is 64.4 Å². The van der Waals surface area contributed by atoms with Gasteiger partial charge in [-0.25, -0.2) is 9.78 Å². The molecule has 0 aliphatic rings. The Morgan fingerprint density at radius 2 is 1.11 bits per heavy atom. The number of imidazole rings is 1. The van der Waals surface area contributed by atoms with Gasteiger partial charge in [0.2, 0.25) is 53.2 Å². The fraction of sp³-hybridized carbons (Fsp3) is 0.604. The van der Waals surface area contributed by atoms with E-state index in [1.54, 1.807) is 58.0 Å². The quantitative estimate of drug-likeness (QED) is 0.0170. The summed E-state index contributed by atoms with van der Waals surface area (Å²) < 4.78 is 0. The number of amides is 9. The lowest BCUT2D eigenvalue weighted by Crippen LogP contribution is -2.62. The molecule has 468 valence electrons. The standard InChI is InChI=1S/C53H88N18O13/c1-8-28(4)40(49(81)68-38(51(83)84)22-27(2)3)69-46(78)35(17-13-21-61-53(57)58)65-39(74)25-62-48(80)41(30(6)72)71-50(82)42(31(7)73)70-47(79)37(23-33-24-59-26-63-33)67-45(77)36(19-18-32-14-10-9-11-15-32)66-43(75)29(5)64-44(76)34(54)16-12-20-60-52(55)56/h9-11,14-15,24,26-31,34-38,40-42,72-73H,8,12-13,16-23,25,54H2,1-7H3,(H,59,63)(H,62,80)(H,64,76)(H,65,74)(H,66,75)(H,67,77)(H,68,81)(H,69,78)(H,70,79)(H,71,82)(H,83,84)(H4,55,56,60)(H4,57,58,61)/t28?,29-,30+,31+,34-,35-,36-,37-,38+,40-,41-,42-/m0/s1. The molecular formula is C53H88N18O13. The molecule has 0 saturated heterocycles. The number of nitrogens with zero attached hydrogens (tertiary/aromatic N) is 3. The highest BCUT2D eigenvalue weighted by Crippen LogP contribution is 2.13. The number of aryl methyl sites for hydroxylation is 1. The second-order valence-electron chi connectivity index (χ2n) is 20.9. The number of aliphatic hydroxyl groups is 2. The van der Waals surface area contributed by atoms with E-state index in [1.807, 2.05) is 0 Å². The molecule has 31 nitrogen and oxygen atoms in total. The Labute approximate surface area is 487 Å². The van der Waals surface area contributed by atoms with Crippen LogP contribution in [0, 0.1) is 11.8 Å². The van der Waals surface area contributed by atoms with Crippen molar-refractivity contribution >= 4 is 71.1 Å². The largest absolute Gasteiger partial charge is 0.480 e.